The number of amides is 1. The molecule has 2 aliphatic rings. The standard InChI is InChI=1S/C12H22N2O2S/c1-17-12(2-3-12)9-14-10(15)11(8-13)4-6-16-7-5-11/h2-9,13H2,1H3,(H,14,15). The number of hydrogen-bond acceptors (Lipinski definition) is 4. The number of thioether (sulfide) groups is 1. The van der Waals surface area contributed by atoms with E-state index in [2.05, 4.69) is 11.6 Å². The molecule has 0 aromatic carbocycles. The zero-order chi connectivity index (χ0) is 12.4. The third-order valence-corrected chi connectivity index (χ3v) is 5.55. The van der Waals surface area contributed by atoms with Crippen LogP contribution >= 0.6 is 11.8 Å². The SMILES string of the molecule is CSC1(CNC(=O)C2(CN)CCOCC2)CC1. The molecule has 0 unspecified atom stereocenters. The Bertz CT molecular complexity index is 286. The molecule has 0 aromatic rings. The predicted octanol–water partition coefficient (Wildman–Crippen LogP) is 0.754. The molecule has 1 aliphatic heterocycles. The molecule has 0 atom stereocenters. The second kappa shape index (κ2) is 5.16. The largest absolute Gasteiger partial charge is 0.381 e. The number of nitrogens with two attached hydrogens (primary N) is 1. The fraction of sp³-hybridized carbons (Fsp3) is 0.917. The molecule has 0 spiro atoms. The van der Waals surface area contributed by atoms with Crippen LogP contribution in [-0.2, 0) is 9.53 Å². The van der Waals surface area contributed by atoms with Gasteiger partial charge in [0.1, 0.15) is 0 Å². The van der Waals surface area contributed by atoms with E-state index in [1.807, 2.05) is 11.8 Å². The summed E-state index contributed by atoms with van der Waals surface area (Å²) in [7, 11) is 0. The summed E-state index contributed by atoms with van der Waals surface area (Å²) in [4.78, 5) is 12.3. The number of rotatable bonds is 5. The average molecular weight is 258 g/mol. The van der Waals surface area contributed by atoms with Crippen LogP contribution in [0.3, 0.4) is 0 Å². The van der Waals surface area contributed by atoms with Crippen LogP contribution in [0.25, 0.3) is 0 Å². The van der Waals surface area contributed by atoms with Gasteiger partial charge in [0.2, 0.25) is 5.91 Å². The molecule has 2 rings (SSSR count). The van der Waals surface area contributed by atoms with Crippen molar-refractivity contribution in [2.24, 2.45) is 11.1 Å². The van der Waals surface area contributed by atoms with E-state index in [4.69, 9.17) is 10.5 Å². The van der Waals surface area contributed by atoms with E-state index in [1.165, 1.54) is 12.8 Å². The fourth-order valence-corrected chi connectivity index (χ4v) is 3.03. The molecule has 0 aromatic heterocycles. The van der Waals surface area contributed by atoms with Crippen LogP contribution in [0.5, 0.6) is 0 Å². The van der Waals surface area contributed by atoms with Gasteiger partial charge < -0.3 is 15.8 Å². The van der Waals surface area contributed by atoms with Crippen molar-refractivity contribution >= 4 is 17.7 Å². The Morgan fingerprint density at radius 2 is 2.00 bits per heavy atom. The Kier molecular flexibility index (Phi) is 4.00. The highest BCUT2D eigenvalue weighted by atomic mass is 32.2. The lowest BCUT2D eigenvalue weighted by Crippen LogP contribution is -2.50. The first-order valence-corrected chi connectivity index (χ1v) is 7.50. The molecule has 1 amide bonds. The van der Waals surface area contributed by atoms with Crippen LogP contribution in [0, 0.1) is 5.41 Å². The van der Waals surface area contributed by atoms with Crippen molar-refractivity contribution in [1.29, 1.82) is 0 Å². The summed E-state index contributed by atoms with van der Waals surface area (Å²) in [5.74, 6) is 0.128. The zero-order valence-electron chi connectivity index (χ0n) is 10.5. The molecular formula is C12H22N2O2S. The maximum Gasteiger partial charge on any atom is 0.227 e. The van der Waals surface area contributed by atoms with Crippen molar-refractivity contribution in [1.82, 2.24) is 5.32 Å². The van der Waals surface area contributed by atoms with Crippen LogP contribution in [0.15, 0.2) is 0 Å². The van der Waals surface area contributed by atoms with E-state index in [0.29, 0.717) is 24.5 Å². The minimum absolute atomic E-state index is 0.128. The number of carbonyl (C=O) groups is 1. The first-order valence-electron chi connectivity index (χ1n) is 6.28. The van der Waals surface area contributed by atoms with Gasteiger partial charge in [0, 0.05) is 31.1 Å². The molecule has 3 N–H and O–H groups in total. The lowest BCUT2D eigenvalue weighted by molar-refractivity contribution is -0.135. The van der Waals surface area contributed by atoms with E-state index in [0.717, 1.165) is 19.4 Å². The fourth-order valence-electron chi connectivity index (χ4n) is 2.31. The smallest absolute Gasteiger partial charge is 0.227 e. The summed E-state index contributed by atoms with van der Waals surface area (Å²) < 4.78 is 5.63. The summed E-state index contributed by atoms with van der Waals surface area (Å²) >= 11 is 1.86. The highest BCUT2D eigenvalue weighted by Gasteiger charge is 2.44. The van der Waals surface area contributed by atoms with Gasteiger partial charge in [-0.05, 0) is 31.9 Å². The number of carbonyl (C=O) groups excluding carboxylic acids is 1. The third-order valence-electron chi connectivity index (χ3n) is 4.13. The van der Waals surface area contributed by atoms with Crippen LogP contribution < -0.4 is 11.1 Å². The molecule has 5 heteroatoms. The Labute approximate surface area is 107 Å². The minimum Gasteiger partial charge on any atom is -0.381 e. The molecular weight excluding hydrogens is 236 g/mol. The Balaban J connectivity index is 1.88. The Hall–Kier alpha value is -0.260. The summed E-state index contributed by atoms with van der Waals surface area (Å²) in [6.45, 7) is 2.51. The minimum atomic E-state index is -0.382. The molecule has 1 aliphatic carbocycles. The van der Waals surface area contributed by atoms with E-state index >= 15 is 0 Å². The second-order valence-electron chi connectivity index (χ2n) is 5.17. The van der Waals surface area contributed by atoms with Crippen molar-refractivity contribution in [3.05, 3.63) is 0 Å². The van der Waals surface area contributed by atoms with Crippen molar-refractivity contribution in [2.45, 2.75) is 30.4 Å². The molecule has 1 saturated carbocycles. The number of hydrogen-bond donors (Lipinski definition) is 2. The van der Waals surface area contributed by atoms with Gasteiger partial charge in [0.05, 0.1) is 5.41 Å². The van der Waals surface area contributed by atoms with E-state index in [1.54, 1.807) is 0 Å². The highest BCUT2D eigenvalue weighted by Crippen LogP contribution is 2.46. The van der Waals surface area contributed by atoms with Crippen LogP contribution in [-0.4, -0.2) is 43.2 Å². The molecule has 0 bridgehead atoms. The first-order chi connectivity index (χ1) is 8.16. The van der Waals surface area contributed by atoms with Gasteiger partial charge in [-0.15, -0.1) is 0 Å². The van der Waals surface area contributed by atoms with Crippen molar-refractivity contribution < 1.29 is 9.53 Å². The van der Waals surface area contributed by atoms with Crippen LogP contribution in [0.2, 0.25) is 0 Å². The van der Waals surface area contributed by atoms with Crippen LogP contribution in [0.1, 0.15) is 25.7 Å². The monoisotopic (exact) mass is 258 g/mol. The van der Waals surface area contributed by atoms with Gasteiger partial charge in [0.25, 0.3) is 0 Å². The Morgan fingerprint density at radius 1 is 1.35 bits per heavy atom. The summed E-state index contributed by atoms with van der Waals surface area (Å²) in [6, 6.07) is 0. The number of ether oxygens (including phenoxy) is 1. The molecule has 98 valence electrons. The van der Waals surface area contributed by atoms with E-state index < -0.39 is 0 Å². The molecule has 0 radical (unpaired) electrons. The summed E-state index contributed by atoms with van der Waals surface area (Å²) in [5, 5.41) is 3.10. The highest BCUT2D eigenvalue weighted by molar-refractivity contribution is 8.00. The van der Waals surface area contributed by atoms with Gasteiger partial charge >= 0.3 is 0 Å². The molecule has 4 nitrogen and oxygen atoms in total. The molecule has 1 saturated heterocycles. The van der Waals surface area contributed by atoms with Gasteiger partial charge in [0.15, 0.2) is 0 Å². The van der Waals surface area contributed by atoms with E-state index in [-0.39, 0.29) is 11.3 Å². The average Bonchev–Trinajstić information content (AvgIpc) is 3.17. The predicted molar refractivity (Wildman–Crippen MR) is 70.0 cm³/mol. The lowest BCUT2D eigenvalue weighted by Gasteiger charge is -2.35. The van der Waals surface area contributed by atoms with Gasteiger partial charge in [-0.2, -0.15) is 11.8 Å². The summed E-state index contributed by atoms with van der Waals surface area (Å²) in [5.41, 5.74) is 5.42. The van der Waals surface area contributed by atoms with Crippen LogP contribution in [0.4, 0.5) is 0 Å². The molecule has 1 heterocycles. The van der Waals surface area contributed by atoms with Crippen molar-refractivity contribution in [2.75, 3.05) is 32.6 Å². The van der Waals surface area contributed by atoms with Gasteiger partial charge in [-0.1, -0.05) is 0 Å². The quantitative estimate of drug-likeness (QED) is 0.764. The third kappa shape index (κ3) is 2.77. The Morgan fingerprint density at radius 3 is 2.47 bits per heavy atom. The maximum atomic E-state index is 12.3. The summed E-state index contributed by atoms with van der Waals surface area (Å²) in [6.07, 6.45) is 6.05. The first kappa shape index (κ1) is 13.2. The maximum absolute atomic E-state index is 12.3. The second-order valence-corrected chi connectivity index (χ2v) is 6.44. The lowest BCUT2D eigenvalue weighted by atomic mass is 9.79. The van der Waals surface area contributed by atoms with Crippen molar-refractivity contribution in [3.63, 3.8) is 0 Å². The van der Waals surface area contributed by atoms with Gasteiger partial charge in [-0.25, -0.2) is 0 Å². The van der Waals surface area contributed by atoms with Gasteiger partial charge in [-0.3, -0.25) is 4.79 Å². The normalized spacial score (nSPS) is 25.3. The molecule has 2 fully saturated rings. The zero-order valence-corrected chi connectivity index (χ0v) is 11.3. The number of nitrogens with one attached hydrogen (secondary N) is 1. The topological polar surface area (TPSA) is 64.4 Å². The van der Waals surface area contributed by atoms with E-state index in [9.17, 15) is 4.79 Å². The van der Waals surface area contributed by atoms with Crippen molar-refractivity contribution in [3.8, 4) is 0 Å². The molecule has 17 heavy (non-hydrogen) atoms.